The number of halogens is 7. The zero-order chi connectivity index (χ0) is 11.6. The van der Waals surface area contributed by atoms with Gasteiger partial charge in [-0.25, -0.2) is 4.39 Å². The van der Waals surface area contributed by atoms with Crippen LogP contribution in [0.3, 0.4) is 0 Å². The largest absolute Gasteiger partial charge is 0.431 e. The molecule has 0 bridgehead atoms. The summed E-state index contributed by atoms with van der Waals surface area (Å²) in [6.07, 6.45) is -13.5. The number of alkyl halides is 7. The predicted octanol–water partition coefficient (Wildman–Crippen LogP) is 3.79. The summed E-state index contributed by atoms with van der Waals surface area (Å²) in [4.78, 5) is 0. The lowest BCUT2D eigenvalue weighted by molar-refractivity contribution is -0.342. The maximum Gasteiger partial charge on any atom is 0.431 e. The highest BCUT2D eigenvalue weighted by molar-refractivity contribution is 4.95. The minimum Gasteiger partial charge on any atom is -0.224 e. The van der Waals surface area contributed by atoms with Gasteiger partial charge in [-0.1, -0.05) is 6.08 Å². The van der Waals surface area contributed by atoms with Gasteiger partial charge in [0.15, 0.2) is 0 Å². The molecule has 0 amide bonds. The van der Waals surface area contributed by atoms with E-state index in [2.05, 4.69) is 6.58 Å². The van der Waals surface area contributed by atoms with E-state index in [0.29, 0.717) is 0 Å². The molecule has 0 aromatic rings. The third-order valence-electron chi connectivity index (χ3n) is 1.59. The van der Waals surface area contributed by atoms with Crippen molar-refractivity contribution in [3.63, 3.8) is 0 Å². The average Bonchev–Trinajstić information content (AvgIpc) is 1.95. The van der Waals surface area contributed by atoms with Gasteiger partial charge in [-0.3, -0.25) is 0 Å². The molecule has 0 atom stereocenters. The molecule has 0 aliphatic carbocycles. The third-order valence-corrected chi connectivity index (χ3v) is 1.59. The fourth-order valence-electron chi connectivity index (χ4n) is 0.745. The minimum atomic E-state index is -5.95. The van der Waals surface area contributed by atoms with Crippen molar-refractivity contribution in [1.82, 2.24) is 0 Å². The standard InChI is InChI=1S/C7H7F7/c1-2-3-4-5(8,6(9,10)11)7(12,13)14/h2H,1,3-4H2. The van der Waals surface area contributed by atoms with E-state index in [-0.39, 0.29) is 0 Å². The summed E-state index contributed by atoms with van der Waals surface area (Å²) in [5.41, 5.74) is -5.14. The molecule has 0 saturated heterocycles. The Hall–Kier alpha value is -0.750. The Morgan fingerprint density at radius 3 is 1.43 bits per heavy atom. The van der Waals surface area contributed by atoms with Gasteiger partial charge in [-0.15, -0.1) is 6.58 Å². The topological polar surface area (TPSA) is 0 Å². The molecule has 0 spiro atoms. The molecule has 0 rings (SSSR count). The van der Waals surface area contributed by atoms with Crippen molar-refractivity contribution in [3.8, 4) is 0 Å². The van der Waals surface area contributed by atoms with Crippen molar-refractivity contribution in [3.05, 3.63) is 12.7 Å². The summed E-state index contributed by atoms with van der Waals surface area (Å²) in [6.45, 7) is 2.93. The van der Waals surface area contributed by atoms with E-state index in [9.17, 15) is 30.7 Å². The SMILES string of the molecule is C=CCCC(F)(C(F)(F)F)C(F)(F)F. The predicted molar refractivity (Wildman–Crippen MR) is 35.4 cm³/mol. The van der Waals surface area contributed by atoms with Crippen molar-refractivity contribution in [1.29, 1.82) is 0 Å². The third kappa shape index (κ3) is 2.39. The highest BCUT2D eigenvalue weighted by Gasteiger charge is 2.71. The van der Waals surface area contributed by atoms with Crippen LogP contribution in [-0.4, -0.2) is 18.0 Å². The molecule has 0 aromatic heterocycles. The number of rotatable bonds is 3. The molecule has 0 fully saturated rings. The minimum absolute atomic E-state index is 0.699. The fourth-order valence-corrected chi connectivity index (χ4v) is 0.745. The van der Waals surface area contributed by atoms with Crippen molar-refractivity contribution in [2.45, 2.75) is 30.9 Å². The molecule has 0 aliphatic rings. The number of hydrogen-bond acceptors (Lipinski definition) is 0. The molecule has 0 aliphatic heterocycles. The quantitative estimate of drug-likeness (QED) is 0.505. The molecule has 0 heterocycles. The summed E-state index contributed by atoms with van der Waals surface area (Å²) < 4.78 is 83.5. The first-order chi connectivity index (χ1) is 6.06. The van der Waals surface area contributed by atoms with Crippen LogP contribution >= 0.6 is 0 Å². The monoisotopic (exact) mass is 224 g/mol. The Bertz CT molecular complexity index is 185. The maximum absolute atomic E-state index is 12.7. The molecular formula is C7H7F7. The highest BCUT2D eigenvalue weighted by atomic mass is 19.4. The van der Waals surface area contributed by atoms with Gasteiger partial charge in [0, 0.05) is 6.42 Å². The summed E-state index contributed by atoms with van der Waals surface area (Å²) in [5, 5.41) is 0. The molecule has 0 nitrogen and oxygen atoms in total. The van der Waals surface area contributed by atoms with E-state index in [1.807, 2.05) is 0 Å². The first kappa shape index (κ1) is 13.2. The smallest absolute Gasteiger partial charge is 0.224 e. The second-order valence-electron chi connectivity index (χ2n) is 2.62. The van der Waals surface area contributed by atoms with Crippen molar-refractivity contribution in [2.75, 3.05) is 0 Å². The van der Waals surface area contributed by atoms with Crippen LogP contribution in [0.4, 0.5) is 30.7 Å². The molecule has 0 unspecified atom stereocenters. The molecule has 84 valence electrons. The van der Waals surface area contributed by atoms with Gasteiger partial charge < -0.3 is 0 Å². The first-order valence-corrected chi connectivity index (χ1v) is 3.49. The van der Waals surface area contributed by atoms with Crippen LogP contribution in [0.25, 0.3) is 0 Å². The summed E-state index contributed by atoms with van der Waals surface area (Å²) >= 11 is 0. The lowest BCUT2D eigenvalue weighted by Gasteiger charge is -2.29. The van der Waals surface area contributed by atoms with Gasteiger partial charge >= 0.3 is 12.4 Å². The van der Waals surface area contributed by atoms with Crippen LogP contribution in [0.15, 0.2) is 12.7 Å². The van der Waals surface area contributed by atoms with Crippen LogP contribution < -0.4 is 0 Å². The van der Waals surface area contributed by atoms with Gasteiger partial charge in [0.2, 0.25) is 0 Å². The molecule has 0 N–H and O–H groups in total. The highest BCUT2D eigenvalue weighted by Crippen LogP contribution is 2.48. The summed E-state index contributed by atoms with van der Waals surface area (Å²) in [7, 11) is 0. The van der Waals surface area contributed by atoms with Gasteiger partial charge in [0.05, 0.1) is 0 Å². The van der Waals surface area contributed by atoms with Crippen LogP contribution in [0, 0.1) is 0 Å². The fraction of sp³-hybridized carbons (Fsp3) is 0.714. The lowest BCUT2D eigenvalue weighted by atomic mass is 9.98. The summed E-state index contributed by atoms with van der Waals surface area (Å²) in [6, 6.07) is 0. The van der Waals surface area contributed by atoms with Gasteiger partial charge in [0.1, 0.15) is 0 Å². The Morgan fingerprint density at radius 2 is 1.21 bits per heavy atom. The Balaban J connectivity index is 4.96. The molecular weight excluding hydrogens is 217 g/mol. The van der Waals surface area contributed by atoms with E-state index in [1.165, 1.54) is 0 Å². The average molecular weight is 224 g/mol. The normalized spacial score (nSPS) is 14.2. The number of hydrogen-bond donors (Lipinski definition) is 0. The molecule has 7 heteroatoms. The van der Waals surface area contributed by atoms with Gasteiger partial charge in [0.25, 0.3) is 5.67 Å². The second-order valence-corrected chi connectivity index (χ2v) is 2.62. The summed E-state index contributed by atoms with van der Waals surface area (Å²) in [5.74, 6) is 0. The second kappa shape index (κ2) is 3.78. The molecule has 0 radical (unpaired) electrons. The van der Waals surface area contributed by atoms with Crippen molar-refractivity contribution in [2.24, 2.45) is 0 Å². The molecule has 0 saturated carbocycles. The van der Waals surface area contributed by atoms with Crippen LogP contribution in [-0.2, 0) is 0 Å². The van der Waals surface area contributed by atoms with Gasteiger partial charge in [-0.2, -0.15) is 26.3 Å². The zero-order valence-corrected chi connectivity index (χ0v) is 6.84. The van der Waals surface area contributed by atoms with Crippen molar-refractivity contribution < 1.29 is 30.7 Å². The van der Waals surface area contributed by atoms with E-state index in [4.69, 9.17) is 0 Å². The zero-order valence-electron chi connectivity index (χ0n) is 6.84. The van der Waals surface area contributed by atoms with E-state index in [0.717, 1.165) is 6.08 Å². The van der Waals surface area contributed by atoms with Crippen LogP contribution in [0.5, 0.6) is 0 Å². The van der Waals surface area contributed by atoms with Crippen LogP contribution in [0.1, 0.15) is 12.8 Å². The maximum atomic E-state index is 12.7. The first-order valence-electron chi connectivity index (χ1n) is 3.49. The van der Waals surface area contributed by atoms with E-state index < -0.39 is 30.9 Å². The Morgan fingerprint density at radius 1 is 0.857 bits per heavy atom. The van der Waals surface area contributed by atoms with Gasteiger partial charge in [-0.05, 0) is 6.42 Å². The Labute approximate surface area is 75.4 Å². The molecule has 14 heavy (non-hydrogen) atoms. The lowest BCUT2D eigenvalue weighted by Crippen LogP contribution is -2.53. The van der Waals surface area contributed by atoms with E-state index >= 15 is 0 Å². The van der Waals surface area contributed by atoms with Crippen LogP contribution in [0.2, 0.25) is 0 Å². The number of allylic oxidation sites excluding steroid dienone is 1. The molecule has 0 aromatic carbocycles. The van der Waals surface area contributed by atoms with Crippen molar-refractivity contribution >= 4 is 0 Å². The van der Waals surface area contributed by atoms with E-state index in [1.54, 1.807) is 0 Å². The Kier molecular flexibility index (Phi) is 3.58.